The molecule has 0 aromatic heterocycles. The number of carbonyl (C=O) groups is 2. The first-order chi connectivity index (χ1) is 18.8. The van der Waals surface area contributed by atoms with E-state index in [-0.39, 0.29) is 17.3 Å². The largest absolute Gasteiger partial charge is 0.494 e. The van der Waals surface area contributed by atoms with Crippen molar-refractivity contribution in [2.45, 2.75) is 57.6 Å². The van der Waals surface area contributed by atoms with E-state index in [0.717, 1.165) is 14.3 Å². The van der Waals surface area contributed by atoms with Crippen LogP contribution in [0.4, 0.5) is 5.69 Å². The zero-order chi connectivity index (χ0) is 29.5. The molecule has 2 amide bonds. The second kappa shape index (κ2) is 13.3. The lowest BCUT2D eigenvalue weighted by Gasteiger charge is -2.33. The fraction of sp³-hybridized carbons (Fsp3) is 0.333. The molecule has 0 radical (unpaired) electrons. The van der Waals surface area contributed by atoms with Crippen LogP contribution in [-0.4, -0.2) is 49.9 Å². The zero-order valence-electron chi connectivity index (χ0n) is 23.4. The van der Waals surface area contributed by atoms with E-state index in [0.29, 0.717) is 18.0 Å². The molecule has 0 saturated carbocycles. The number of ether oxygens (including phenoxy) is 1. The second-order valence-electron chi connectivity index (χ2n) is 10.3. The van der Waals surface area contributed by atoms with Gasteiger partial charge in [0.1, 0.15) is 18.3 Å². The maximum Gasteiger partial charge on any atom is 0.264 e. The molecule has 0 bridgehead atoms. The van der Waals surface area contributed by atoms with E-state index >= 15 is 0 Å². The summed E-state index contributed by atoms with van der Waals surface area (Å²) >= 11 is 3.34. The van der Waals surface area contributed by atoms with E-state index in [2.05, 4.69) is 21.2 Å². The van der Waals surface area contributed by atoms with E-state index in [1.54, 1.807) is 43.3 Å². The Labute approximate surface area is 245 Å². The molecule has 40 heavy (non-hydrogen) atoms. The summed E-state index contributed by atoms with van der Waals surface area (Å²) in [5.74, 6) is -0.271. The average Bonchev–Trinajstić information content (AvgIpc) is 2.90. The lowest BCUT2D eigenvalue weighted by atomic mass is 10.1. The molecular weight excluding hydrogens is 594 g/mol. The molecule has 0 heterocycles. The molecule has 1 unspecified atom stereocenters. The molecule has 0 saturated heterocycles. The molecule has 3 aromatic rings. The third kappa shape index (κ3) is 8.32. The predicted octanol–water partition coefficient (Wildman–Crippen LogP) is 5.38. The fourth-order valence-electron chi connectivity index (χ4n) is 3.97. The highest BCUT2D eigenvalue weighted by atomic mass is 79.9. The first-order valence-electron chi connectivity index (χ1n) is 13.0. The monoisotopic (exact) mass is 629 g/mol. The Hall–Kier alpha value is -3.37. The third-order valence-corrected chi connectivity index (χ3v) is 8.29. The first kappa shape index (κ1) is 31.2. The van der Waals surface area contributed by atoms with Crippen molar-refractivity contribution in [1.29, 1.82) is 0 Å². The van der Waals surface area contributed by atoms with Crippen LogP contribution < -0.4 is 14.4 Å². The Kier molecular flexibility index (Phi) is 10.4. The molecule has 8 nitrogen and oxygen atoms in total. The number of nitrogens with one attached hydrogen (secondary N) is 1. The average molecular weight is 631 g/mol. The molecule has 3 rings (SSSR count). The summed E-state index contributed by atoms with van der Waals surface area (Å²) in [5, 5.41) is 2.92. The highest BCUT2D eigenvalue weighted by Gasteiger charge is 2.33. The lowest BCUT2D eigenvalue weighted by molar-refractivity contribution is -0.140. The molecule has 1 atom stereocenters. The molecule has 1 N–H and O–H groups in total. The molecule has 0 aliphatic heterocycles. The summed E-state index contributed by atoms with van der Waals surface area (Å²) in [6.45, 7) is 9.17. The number of benzene rings is 3. The molecule has 10 heteroatoms. The quantitative estimate of drug-likeness (QED) is 0.307. The fourth-order valence-corrected chi connectivity index (χ4v) is 5.65. The number of hydrogen-bond donors (Lipinski definition) is 1. The Bertz CT molecular complexity index is 1390. The van der Waals surface area contributed by atoms with Gasteiger partial charge in [0.25, 0.3) is 10.0 Å². The second-order valence-corrected chi connectivity index (χ2v) is 13.1. The number of sulfonamides is 1. The maximum atomic E-state index is 14.0. The summed E-state index contributed by atoms with van der Waals surface area (Å²) in [4.78, 5) is 28.5. The van der Waals surface area contributed by atoms with Gasteiger partial charge in [-0.15, -0.1) is 0 Å². The topological polar surface area (TPSA) is 96.0 Å². The van der Waals surface area contributed by atoms with Crippen LogP contribution in [0, 0.1) is 0 Å². The Morgan fingerprint density at radius 3 is 2.10 bits per heavy atom. The predicted molar refractivity (Wildman–Crippen MR) is 161 cm³/mol. The van der Waals surface area contributed by atoms with Gasteiger partial charge in [0.2, 0.25) is 11.8 Å². The van der Waals surface area contributed by atoms with Crippen molar-refractivity contribution >= 4 is 43.5 Å². The molecule has 0 aliphatic rings. The number of anilines is 1. The summed E-state index contributed by atoms with van der Waals surface area (Å²) < 4.78 is 35.1. The van der Waals surface area contributed by atoms with Crippen LogP contribution in [0.3, 0.4) is 0 Å². The van der Waals surface area contributed by atoms with Crippen molar-refractivity contribution < 1.29 is 22.7 Å². The van der Waals surface area contributed by atoms with Crippen LogP contribution in [-0.2, 0) is 26.2 Å². The maximum absolute atomic E-state index is 14.0. The lowest BCUT2D eigenvalue weighted by Crippen LogP contribution is -2.54. The van der Waals surface area contributed by atoms with Gasteiger partial charge in [-0.2, -0.15) is 0 Å². The van der Waals surface area contributed by atoms with E-state index in [9.17, 15) is 18.0 Å². The molecule has 0 spiro atoms. The van der Waals surface area contributed by atoms with Gasteiger partial charge in [-0.3, -0.25) is 13.9 Å². The number of nitrogens with zero attached hydrogens (tertiary/aromatic N) is 2. The number of carbonyl (C=O) groups excluding carboxylic acids is 2. The molecule has 0 fully saturated rings. The minimum atomic E-state index is -4.15. The van der Waals surface area contributed by atoms with Crippen molar-refractivity contribution in [3.05, 3.63) is 88.9 Å². The van der Waals surface area contributed by atoms with Crippen LogP contribution in [0.5, 0.6) is 5.75 Å². The van der Waals surface area contributed by atoms with Crippen LogP contribution >= 0.6 is 15.9 Å². The van der Waals surface area contributed by atoms with Crippen molar-refractivity contribution in [3.63, 3.8) is 0 Å². The summed E-state index contributed by atoms with van der Waals surface area (Å²) in [7, 11) is -4.15. The smallest absolute Gasteiger partial charge is 0.264 e. The van der Waals surface area contributed by atoms with E-state index in [1.165, 1.54) is 17.0 Å². The van der Waals surface area contributed by atoms with Gasteiger partial charge in [0.15, 0.2) is 0 Å². The van der Waals surface area contributed by atoms with Gasteiger partial charge in [-0.05, 0) is 88.7 Å². The Morgan fingerprint density at radius 1 is 0.950 bits per heavy atom. The van der Waals surface area contributed by atoms with E-state index < -0.39 is 34.1 Å². The number of halogens is 1. The van der Waals surface area contributed by atoms with Gasteiger partial charge in [0, 0.05) is 16.6 Å². The highest BCUT2D eigenvalue weighted by molar-refractivity contribution is 9.10. The van der Waals surface area contributed by atoms with E-state index in [1.807, 2.05) is 58.0 Å². The summed E-state index contributed by atoms with van der Waals surface area (Å²) in [5.41, 5.74) is 0.604. The van der Waals surface area contributed by atoms with Crippen molar-refractivity contribution in [3.8, 4) is 5.75 Å². The minimum absolute atomic E-state index is 0.0329. The highest BCUT2D eigenvalue weighted by Crippen LogP contribution is 2.27. The number of hydrogen-bond acceptors (Lipinski definition) is 5. The molecule has 3 aromatic carbocycles. The summed E-state index contributed by atoms with van der Waals surface area (Å²) in [6, 6.07) is 21.2. The molecular formula is C30H36BrN3O5S. The van der Waals surface area contributed by atoms with Crippen molar-refractivity contribution in [2.24, 2.45) is 0 Å². The normalized spacial score (nSPS) is 12.3. The van der Waals surface area contributed by atoms with Crippen LogP contribution in [0.15, 0.2) is 88.2 Å². The molecule has 0 aliphatic carbocycles. The van der Waals surface area contributed by atoms with Gasteiger partial charge < -0.3 is 15.0 Å². The van der Waals surface area contributed by atoms with Gasteiger partial charge in [-0.1, -0.05) is 46.3 Å². The molecule has 214 valence electrons. The van der Waals surface area contributed by atoms with Gasteiger partial charge in [0.05, 0.1) is 17.2 Å². The van der Waals surface area contributed by atoms with Crippen molar-refractivity contribution in [2.75, 3.05) is 17.5 Å². The minimum Gasteiger partial charge on any atom is -0.494 e. The zero-order valence-corrected chi connectivity index (χ0v) is 25.8. The first-order valence-corrected chi connectivity index (χ1v) is 15.2. The Balaban J connectivity index is 2.02. The third-order valence-electron chi connectivity index (χ3n) is 5.98. The Morgan fingerprint density at radius 2 is 1.55 bits per heavy atom. The van der Waals surface area contributed by atoms with Gasteiger partial charge in [-0.25, -0.2) is 8.42 Å². The van der Waals surface area contributed by atoms with Crippen LogP contribution in [0.25, 0.3) is 0 Å². The van der Waals surface area contributed by atoms with Crippen LogP contribution in [0.1, 0.15) is 40.2 Å². The van der Waals surface area contributed by atoms with Crippen molar-refractivity contribution in [1.82, 2.24) is 10.2 Å². The van der Waals surface area contributed by atoms with E-state index in [4.69, 9.17) is 4.74 Å². The standard InChI is InChI=1S/C30H36BrN3O5S/c1-6-39-26-16-14-25(15-17-26)34(40(37,38)27-18-12-24(31)13-19-27)21-28(35)33(20-23-10-8-7-9-11-23)22(2)29(36)32-30(3,4)5/h7-19,22H,6,20-21H2,1-5H3,(H,32,36). The van der Waals surface area contributed by atoms with Crippen LogP contribution in [0.2, 0.25) is 0 Å². The summed E-state index contributed by atoms with van der Waals surface area (Å²) in [6.07, 6.45) is 0. The SMILES string of the molecule is CCOc1ccc(N(CC(=O)N(Cc2ccccc2)C(C)C(=O)NC(C)(C)C)S(=O)(=O)c2ccc(Br)cc2)cc1. The number of rotatable bonds is 11. The van der Waals surface area contributed by atoms with Gasteiger partial charge >= 0.3 is 0 Å². The number of amides is 2.